The molecule has 1 aromatic carbocycles. The molecule has 0 spiro atoms. The van der Waals surface area contributed by atoms with Crippen molar-refractivity contribution in [1.29, 1.82) is 0 Å². The van der Waals surface area contributed by atoms with Crippen LogP contribution in [0.25, 0.3) is 0 Å². The Hall–Kier alpha value is -0.550. The Morgan fingerprint density at radius 3 is 2.31 bits per heavy atom. The Balaban J connectivity index is 3.00. The van der Waals surface area contributed by atoms with Crippen LogP contribution in [0.1, 0.15) is 12.5 Å². The van der Waals surface area contributed by atoms with Gasteiger partial charge in [-0.05, 0) is 56.5 Å². The van der Waals surface area contributed by atoms with E-state index < -0.39 is 0 Å². The lowest BCUT2D eigenvalue weighted by Gasteiger charge is -2.09. The number of ether oxygens (including phenoxy) is 1. The molecule has 0 fully saturated rings. The third-order valence-electron chi connectivity index (χ3n) is 1.75. The molecule has 0 aliphatic heterocycles. The van der Waals surface area contributed by atoms with Gasteiger partial charge in [0, 0.05) is 14.1 Å². The fourth-order valence-corrected chi connectivity index (χ4v) is 2.57. The number of hydrazone groups is 1. The van der Waals surface area contributed by atoms with E-state index in [0.29, 0.717) is 6.61 Å². The summed E-state index contributed by atoms with van der Waals surface area (Å²) < 4.78 is 7.34. The maximum Gasteiger partial charge on any atom is 0.147 e. The van der Waals surface area contributed by atoms with E-state index in [1.165, 1.54) is 0 Å². The van der Waals surface area contributed by atoms with Gasteiger partial charge in [-0.25, -0.2) is 0 Å². The number of nitrogens with zero attached hydrogens (tertiary/aromatic N) is 2. The van der Waals surface area contributed by atoms with Gasteiger partial charge in [0.15, 0.2) is 0 Å². The summed E-state index contributed by atoms with van der Waals surface area (Å²) in [6.07, 6.45) is 1.80. The SMILES string of the molecule is CCOc1c(Br)cc(/C=N/N(C)C)cc1Br. The van der Waals surface area contributed by atoms with Crippen LogP contribution < -0.4 is 4.74 Å². The van der Waals surface area contributed by atoms with E-state index in [2.05, 4.69) is 37.0 Å². The van der Waals surface area contributed by atoms with Crippen LogP contribution in [0.2, 0.25) is 0 Å². The van der Waals surface area contributed by atoms with Crippen LogP contribution in [-0.4, -0.2) is 31.9 Å². The quantitative estimate of drug-likeness (QED) is 0.613. The van der Waals surface area contributed by atoms with Gasteiger partial charge in [0.2, 0.25) is 0 Å². The standard InChI is InChI=1S/C11H14Br2N2O/c1-4-16-11-9(12)5-8(6-10(11)13)7-14-15(2)3/h5-7H,4H2,1-3H3/b14-7+. The molecular weight excluding hydrogens is 336 g/mol. The van der Waals surface area contributed by atoms with Crippen molar-refractivity contribution >= 4 is 38.1 Å². The van der Waals surface area contributed by atoms with Crippen LogP contribution in [-0.2, 0) is 0 Å². The number of halogens is 2. The first-order valence-corrected chi connectivity index (χ1v) is 6.46. The fourth-order valence-electron chi connectivity index (χ4n) is 1.12. The molecule has 0 heterocycles. The molecule has 0 unspecified atom stereocenters. The minimum atomic E-state index is 0.641. The number of hydrogen-bond acceptors (Lipinski definition) is 3. The second-order valence-electron chi connectivity index (χ2n) is 3.34. The minimum absolute atomic E-state index is 0.641. The van der Waals surface area contributed by atoms with Gasteiger partial charge in [-0.3, -0.25) is 0 Å². The predicted molar refractivity (Wildman–Crippen MR) is 74.3 cm³/mol. The number of rotatable bonds is 4. The molecule has 0 N–H and O–H groups in total. The van der Waals surface area contributed by atoms with Crippen molar-refractivity contribution in [2.24, 2.45) is 5.10 Å². The lowest BCUT2D eigenvalue weighted by atomic mass is 10.2. The van der Waals surface area contributed by atoms with Gasteiger partial charge in [0.1, 0.15) is 5.75 Å². The third kappa shape index (κ3) is 3.79. The van der Waals surface area contributed by atoms with Crippen LogP contribution >= 0.6 is 31.9 Å². The summed E-state index contributed by atoms with van der Waals surface area (Å²) in [6.45, 7) is 2.60. The molecule has 0 saturated heterocycles. The summed E-state index contributed by atoms with van der Waals surface area (Å²) in [5.41, 5.74) is 1.01. The summed E-state index contributed by atoms with van der Waals surface area (Å²) in [5.74, 6) is 0.824. The molecule has 0 aliphatic carbocycles. The molecular formula is C11H14Br2N2O. The van der Waals surface area contributed by atoms with Crippen LogP contribution in [0.3, 0.4) is 0 Å². The normalized spacial score (nSPS) is 10.8. The highest BCUT2D eigenvalue weighted by molar-refractivity contribution is 9.11. The Labute approximate surface area is 113 Å². The van der Waals surface area contributed by atoms with E-state index in [9.17, 15) is 0 Å². The van der Waals surface area contributed by atoms with Crippen LogP contribution in [0.5, 0.6) is 5.75 Å². The summed E-state index contributed by atoms with van der Waals surface area (Å²) in [6, 6.07) is 3.95. The van der Waals surface area contributed by atoms with Crippen molar-refractivity contribution in [2.45, 2.75) is 6.92 Å². The molecule has 88 valence electrons. The van der Waals surface area contributed by atoms with Crippen LogP contribution in [0, 0.1) is 0 Å². The Morgan fingerprint density at radius 1 is 1.31 bits per heavy atom. The van der Waals surface area contributed by atoms with Gasteiger partial charge in [-0.1, -0.05) is 0 Å². The van der Waals surface area contributed by atoms with Crippen molar-refractivity contribution in [3.63, 3.8) is 0 Å². The summed E-state index contributed by atoms with van der Waals surface area (Å²) in [7, 11) is 3.77. The molecule has 0 radical (unpaired) electrons. The molecule has 0 aliphatic rings. The van der Waals surface area contributed by atoms with E-state index >= 15 is 0 Å². The largest absolute Gasteiger partial charge is 0.492 e. The van der Waals surface area contributed by atoms with E-state index in [4.69, 9.17) is 4.74 Å². The van der Waals surface area contributed by atoms with Crippen LogP contribution in [0.4, 0.5) is 0 Å². The first-order chi connectivity index (χ1) is 7.54. The lowest BCUT2D eigenvalue weighted by molar-refractivity contribution is 0.336. The second kappa shape index (κ2) is 6.25. The zero-order valence-electron chi connectivity index (χ0n) is 9.50. The zero-order chi connectivity index (χ0) is 12.1. The first kappa shape index (κ1) is 13.5. The van der Waals surface area contributed by atoms with Crippen LogP contribution in [0.15, 0.2) is 26.2 Å². The molecule has 3 nitrogen and oxygen atoms in total. The average molecular weight is 350 g/mol. The second-order valence-corrected chi connectivity index (χ2v) is 5.05. The molecule has 1 rings (SSSR count). The maximum atomic E-state index is 5.50. The first-order valence-electron chi connectivity index (χ1n) is 4.87. The Morgan fingerprint density at radius 2 is 1.88 bits per heavy atom. The molecule has 0 amide bonds. The van der Waals surface area contributed by atoms with E-state index in [1.807, 2.05) is 33.2 Å². The van der Waals surface area contributed by atoms with Crippen molar-refractivity contribution in [3.8, 4) is 5.75 Å². The van der Waals surface area contributed by atoms with E-state index in [-0.39, 0.29) is 0 Å². The van der Waals surface area contributed by atoms with Gasteiger partial charge in [0.05, 0.1) is 21.8 Å². The summed E-state index contributed by atoms with van der Waals surface area (Å²) in [5, 5.41) is 5.93. The fraction of sp³-hybridized carbons (Fsp3) is 0.364. The minimum Gasteiger partial charge on any atom is -0.492 e. The van der Waals surface area contributed by atoms with Gasteiger partial charge in [-0.2, -0.15) is 5.10 Å². The number of hydrogen-bond donors (Lipinski definition) is 0. The molecule has 1 aromatic rings. The van der Waals surface area contributed by atoms with Gasteiger partial charge < -0.3 is 9.75 Å². The third-order valence-corrected chi connectivity index (χ3v) is 2.93. The topological polar surface area (TPSA) is 24.8 Å². The highest BCUT2D eigenvalue weighted by Crippen LogP contribution is 2.34. The van der Waals surface area contributed by atoms with Crippen molar-refractivity contribution in [3.05, 3.63) is 26.6 Å². The van der Waals surface area contributed by atoms with Crippen molar-refractivity contribution < 1.29 is 4.74 Å². The molecule has 0 saturated carbocycles. The summed E-state index contributed by atoms with van der Waals surface area (Å²) in [4.78, 5) is 0. The van der Waals surface area contributed by atoms with Gasteiger partial charge in [0.25, 0.3) is 0 Å². The highest BCUT2D eigenvalue weighted by atomic mass is 79.9. The van der Waals surface area contributed by atoms with Gasteiger partial charge in [-0.15, -0.1) is 0 Å². The van der Waals surface area contributed by atoms with Gasteiger partial charge >= 0.3 is 0 Å². The highest BCUT2D eigenvalue weighted by Gasteiger charge is 2.07. The molecule has 0 bridgehead atoms. The lowest BCUT2D eigenvalue weighted by Crippen LogP contribution is -2.02. The Bertz CT molecular complexity index is 369. The predicted octanol–water partition coefficient (Wildman–Crippen LogP) is 3.51. The average Bonchev–Trinajstić information content (AvgIpc) is 2.20. The summed E-state index contributed by atoms with van der Waals surface area (Å²) >= 11 is 6.95. The van der Waals surface area contributed by atoms with Crippen molar-refractivity contribution in [1.82, 2.24) is 5.01 Å². The number of benzene rings is 1. The monoisotopic (exact) mass is 348 g/mol. The Kier molecular flexibility index (Phi) is 5.28. The molecule has 0 aromatic heterocycles. The smallest absolute Gasteiger partial charge is 0.147 e. The van der Waals surface area contributed by atoms with E-state index in [1.54, 1.807) is 11.2 Å². The molecule has 16 heavy (non-hydrogen) atoms. The molecule has 5 heteroatoms. The molecule has 0 atom stereocenters. The van der Waals surface area contributed by atoms with Crippen molar-refractivity contribution in [2.75, 3.05) is 20.7 Å². The maximum absolute atomic E-state index is 5.50. The zero-order valence-corrected chi connectivity index (χ0v) is 12.7. The van der Waals surface area contributed by atoms with E-state index in [0.717, 1.165) is 20.3 Å².